The quantitative estimate of drug-likeness (QED) is 0.873. The summed E-state index contributed by atoms with van der Waals surface area (Å²) in [5.74, 6) is 0. The second-order valence-electron chi connectivity index (χ2n) is 4.29. The molecule has 0 radical (unpaired) electrons. The predicted molar refractivity (Wildman–Crippen MR) is 70.8 cm³/mol. The van der Waals surface area contributed by atoms with Gasteiger partial charge < -0.3 is 0 Å². The van der Waals surface area contributed by atoms with Gasteiger partial charge in [0.25, 0.3) is 10.2 Å². The number of hydrogen-bond acceptors (Lipinski definition) is 2. The van der Waals surface area contributed by atoms with Gasteiger partial charge in [0.2, 0.25) is 0 Å². The fourth-order valence-electron chi connectivity index (χ4n) is 1.53. The van der Waals surface area contributed by atoms with Crippen molar-refractivity contribution in [2.75, 3.05) is 0 Å². The molecule has 0 amide bonds. The first-order valence-electron chi connectivity index (χ1n) is 5.51. The molecule has 1 saturated carbocycles. The molecule has 1 aliphatic rings. The maximum absolute atomic E-state index is 11.7. The molecule has 0 bridgehead atoms. The predicted octanol–water partition coefficient (Wildman–Crippen LogP) is 2.10. The number of hydrogen-bond donors (Lipinski definition) is 2. The van der Waals surface area contributed by atoms with Gasteiger partial charge in [-0.25, -0.2) is 0 Å². The molecule has 0 saturated heterocycles. The van der Waals surface area contributed by atoms with Crippen molar-refractivity contribution in [2.24, 2.45) is 0 Å². The topological polar surface area (TPSA) is 58.2 Å². The van der Waals surface area contributed by atoms with Crippen LogP contribution < -0.4 is 9.44 Å². The number of rotatable bonds is 5. The van der Waals surface area contributed by atoms with E-state index in [1.807, 2.05) is 31.2 Å². The molecule has 0 aromatic heterocycles. The number of nitrogens with one attached hydrogen (secondary N) is 2. The lowest BCUT2D eigenvalue weighted by Gasteiger charge is -2.15. The zero-order valence-corrected chi connectivity index (χ0v) is 11.9. The molecule has 0 aliphatic heterocycles. The van der Waals surface area contributed by atoms with Gasteiger partial charge in [0, 0.05) is 16.6 Å². The van der Waals surface area contributed by atoms with Crippen molar-refractivity contribution in [1.29, 1.82) is 0 Å². The Hall–Kier alpha value is -0.430. The van der Waals surface area contributed by atoms with Crippen LogP contribution >= 0.6 is 15.9 Å². The summed E-state index contributed by atoms with van der Waals surface area (Å²) in [4.78, 5) is 0. The Morgan fingerprint density at radius 1 is 1.41 bits per heavy atom. The SMILES string of the molecule is CC(NS(=O)(=O)NC1CC1)c1cccc(Br)c1. The average molecular weight is 319 g/mol. The van der Waals surface area contributed by atoms with Gasteiger partial charge in [0.15, 0.2) is 0 Å². The van der Waals surface area contributed by atoms with Gasteiger partial charge in [-0.2, -0.15) is 17.9 Å². The van der Waals surface area contributed by atoms with E-state index in [-0.39, 0.29) is 12.1 Å². The summed E-state index contributed by atoms with van der Waals surface area (Å²) in [7, 11) is -3.39. The first-order valence-corrected chi connectivity index (χ1v) is 7.79. The van der Waals surface area contributed by atoms with Crippen LogP contribution in [0.2, 0.25) is 0 Å². The average Bonchev–Trinajstić information content (AvgIpc) is 3.00. The zero-order valence-electron chi connectivity index (χ0n) is 9.48. The second-order valence-corrected chi connectivity index (χ2v) is 6.68. The third kappa shape index (κ3) is 4.06. The summed E-state index contributed by atoms with van der Waals surface area (Å²) in [6.45, 7) is 1.83. The fourth-order valence-corrected chi connectivity index (χ4v) is 3.29. The van der Waals surface area contributed by atoms with Crippen LogP contribution in [-0.4, -0.2) is 14.5 Å². The number of halogens is 1. The molecule has 1 aromatic rings. The van der Waals surface area contributed by atoms with Gasteiger partial charge in [0.05, 0.1) is 0 Å². The van der Waals surface area contributed by atoms with Gasteiger partial charge in [-0.15, -0.1) is 0 Å². The molecule has 1 unspecified atom stereocenters. The third-order valence-electron chi connectivity index (χ3n) is 2.58. The molecule has 2 N–H and O–H groups in total. The highest BCUT2D eigenvalue weighted by Crippen LogP contribution is 2.21. The van der Waals surface area contributed by atoms with E-state index >= 15 is 0 Å². The first kappa shape index (κ1) is 13.0. The number of benzene rings is 1. The molecule has 0 heterocycles. The Balaban J connectivity index is 2.02. The minimum Gasteiger partial charge on any atom is -0.199 e. The normalized spacial score (nSPS) is 18.0. The van der Waals surface area contributed by atoms with Crippen LogP contribution in [0.5, 0.6) is 0 Å². The van der Waals surface area contributed by atoms with Crippen molar-refractivity contribution in [3.63, 3.8) is 0 Å². The molecule has 1 fully saturated rings. The second kappa shape index (κ2) is 5.06. The van der Waals surface area contributed by atoms with Crippen molar-refractivity contribution in [2.45, 2.75) is 31.8 Å². The molecule has 1 aliphatic carbocycles. The van der Waals surface area contributed by atoms with Crippen molar-refractivity contribution in [3.05, 3.63) is 34.3 Å². The Labute approximate surface area is 110 Å². The maximum atomic E-state index is 11.7. The molecule has 1 aromatic carbocycles. The lowest BCUT2D eigenvalue weighted by atomic mass is 10.1. The van der Waals surface area contributed by atoms with Crippen molar-refractivity contribution in [3.8, 4) is 0 Å². The molecular weight excluding hydrogens is 304 g/mol. The van der Waals surface area contributed by atoms with Crippen LogP contribution in [0.25, 0.3) is 0 Å². The fraction of sp³-hybridized carbons (Fsp3) is 0.455. The van der Waals surface area contributed by atoms with Gasteiger partial charge in [-0.05, 0) is 37.5 Å². The molecule has 0 spiro atoms. The minimum atomic E-state index is -3.39. The summed E-state index contributed by atoms with van der Waals surface area (Å²) in [5, 5.41) is 0. The van der Waals surface area contributed by atoms with E-state index in [4.69, 9.17) is 0 Å². The molecule has 2 rings (SSSR count). The summed E-state index contributed by atoms with van der Waals surface area (Å²) in [5.41, 5.74) is 0.931. The van der Waals surface area contributed by atoms with Crippen LogP contribution in [0.4, 0.5) is 0 Å². The highest BCUT2D eigenvalue weighted by atomic mass is 79.9. The lowest BCUT2D eigenvalue weighted by molar-refractivity contribution is 0.551. The molecule has 4 nitrogen and oxygen atoms in total. The molecule has 1 atom stereocenters. The van der Waals surface area contributed by atoms with Gasteiger partial charge >= 0.3 is 0 Å². The highest BCUT2D eigenvalue weighted by Gasteiger charge is 2.27. The smallest absolute Gasteiger partial charge is 0.199 e. The Bertz CT molecular complexity index is 500. The van der Waals surface area contributed by atoms with E-state index in [0.29, 0.717) is 0 Å². The first-order chi connectivity index (χ1) is 7.96. The van der Waals surface area contributed by atoms with Crippen LogP contribution in [0.3, 0.4) is 0 Å². The largest absolute Gasteiger partial charge is 0.277 e. The Kier molecular flexibility index (Phi) is 3.87. The van der Waals surface area contributed by atoms with E-state index in [0.717, 1.165) is 22.9 Å². The molecule has 94 valence electrons. The highest BCUT2D eigenvalue weighted by molar-refractivity contribution is 9.10. The monoisotopic (exact) mass is 318 g/mol. The van der Waals surface area contributed by atoms with Gasteiger partial charge in [0.1, 0.15) is 0 Å². The van der Waals surface area contributed by atoms with Crippen LogP contribution in [0, 0.1) is 0 Å². The van der Waals surface area contributed by atoms with Crippen LogP contribution in [0.15, 0.2) is 28.7 Å². The van der Waals surface area contributed by atoms with E-state index in [9.17, 15) is 8.42 Å². The molecular formula is C11H15BrN2O2S. The van der Waals surface area contributed by atoms with E-state index in [1.54, 1.807) is 0 Å². The van der Waals surface area contributed by atoms with E-state index in [1.165, 1.54) is 0 Å². The van der Waals surface area contributed by atoms with Gasteiger partial charge in [-0.3, -0.25) is 0 Å². The third-order valence-corrected chi connectivity index (χ3v) is 4.38. The molecule has 6 heteroatoms. The summed E-state index contributed by atoms with van der Waals surface area (Å²) in [6, 6.07) is 7.48. The molecule has 17 heavy (non-hydrogen) atoms. The van der Waals surface area contributed by atoms with Crippen molar-refractivity contribution in [1.82, 2.24) is 9.44 Å². The zero-order chi connectivity index (χ0) is 12.5. The Morgan fingerprint density at radius 2 is 2.12 bits per heavy atom. The van der Waals surface area contributed by atoms with Gasteiger partial charge in [-0.1, -0.05) is 28.1 Å². The van der Waals surface area contributed by atoms with Crippen LogP contribution in [0.1, 0.15) is 31.4 Å². The van der Waals surface area contributed by atoms with Crippen molar-refractivity contribution < 1.29 is 8.42 Å². The summed E-state index contributed by atoms with van der Waals surface area (Å²) < 4.78 is 29.6. The van der Waals surface area contributed by atoms with Crippen molar-refractivity contribution >= 4 is 26.1 Å². The summed E-state index contributed by atoms with van der Waals surface area (Å²) in [6.07, 6.45) is 1.87. The summed E-state index contributed by atoms with van der Waals surface area (Å²) >= 11 is 3.37. The lowest BCUT2D eigenvalue weighted by Crippen LogP contribution is -2.39. The minimum absolute atomic E-state index is 0.127. The Morgan fingerprint density at radius 3 is 2.71 bits per heavy atom. The van der Waals surface area contributed by atoms with Crippen LogP contribution in [-0.2, 0) is 10.2 Å². The maximum Gasteiger partial charge on any atom is 0.277 e. The van der Waals surface area contributed by atoms with E-state index in [2.05, 4.69) is 25.4 Å². The van der Waals surface area contributed by atoms with E-state index < -0.39 is 10.2 Å². The standard InChI is InChI=1S/C11H15BrN2O2S/c1-8(9-3-2-4-10(12)7-9)13-17(15,16)14-11-5-6-11/h2-4,7-8,11,13-14H,5-6H2,1H3.